The summed E-state index contributed by atoms with van der Waals surface area (Å²) >= 11 is 0.491. The Balaban J connectivity index is 2.21. The number of primary sulfonamides is 1. The van der Waals surface area contributed by atoms with Crippen LogP contribution >= 0.6 is 23.1 Å². The van der Waals surface area contributed by atoms with Crippen LogP contribution in [-0.2, 0) is 20.8 Å². The predicted octanol–water partition coefficient (Wildman–Crippen LogP) is 3.17. The summed E-state index contributed by atoms with van der Waals surface area (Å²) in [6.45, 7) is 0. The van der Waals surface area contributed by atoms with Gasteiger partial charge in [-0.3, -0.25) is 0 Å². The van der Waals surface area contributed by atoms with Crippen molar-refractivity contribution in [3.63, 3.8) is 0 Å². The Morgan fingerprint density at radius 3 is 2.14 bits per heavy atom. The number of nitrogens with two attached hydrogens (primary N) is 1. The Hall–Kier alpha value is -0.880. The summed E-state index contributed by atoms with van der Waals surface area (Å²) in [5.41, 5.74) is -4.39. The summed E-state index contributed by atoms with van der Waals surface area (Å²) in [6.07, 6.45) is 0. The van der Waals surface area contributed by atoms with Crippen molar-refractivity contribution in [2.24, 2.45) is 5.14 Å². The lowest BCUT2D eigenvalue weighted by atomic mass is 10.4. The van der Waals surface area contributed by atoms with Crippen LogP contribution in [-0.4, -0.2) is 18.1 Å². The van der Waals surface area contributed by atoms with E-state index in [2.05, 4.69) is 0 Å². The third kappa shape index (κ3) is 4.56. The molecule has 0 saturated heterocycles. The first-order chi connectivity index (χ1) is 10.1. The molecule has 0 aliphatic heterocycles. The standard InChI is InChI=1S/C11H8F3NO3S4/c12-11(13,14)20-7-1-3-8(4-2-7)21(16)9-5-6-10(19-9)22(15,17)18/h1-6H,(H2,15,17,18)/t21-/m1/s1. The van der Waals surface area contributed by atoms with Gasteiger partial charge in [0.15, 0.2) is 0 Å². The van der Waals surface area contributed by atoms with Crippen LogP contribution in [0.2, 0.25) is 0 Å². The molecule has 0 radical (unpaired) electrons. The zero-order chi connectivity index (χ0) is 16.5. The molecule has 0 spiro atoms. The van der Waals surface area contributed by atoms with E-state index in [1.807, 2.05) is 0 Å². The normalized spacial score (nSPS) is 14.0. The molecule has 0 aliphatic rings. The molecule has 120 valence electrons. The van der Waals surface area contributed by atoms with Gasteiger partial charge in [-0.15, -0.1) is 11.3 Å². The van der Waals surface area contributed by atoms with E-state index in [0.29, 0.717) is 0 Å². The molecule has 0 bridgehead atoms. The molecule has 0 fully saturated rings. The molecule has 4 nitrogen and oxygen atoms in total. The molecule has 0 saturated carbocycles. The van der Waals surface area contributed by atoms with Gasteiger partial charge in [0, 0.05) is 9.79 Å². The monoisotopic (exact) mass is 387 g/mol. The molecule has 1 atom stereocenters. The van der Waals surface area contributed by atoms with E-state index >= 15 is 0 Å². The minimum Gasteiger partial charge on any atom is -0.248 e. The fraction of sp³-hybridized carbons (Fsp3) is 0.0909. The van der Waals surface area contributed by atoms with Gasteiger partial charge in [0.2, 0.25) is 10.0 Å². The van der Waals surface area contributed by atoms with Crippen LogP contribution in [0.1, 0.15) is 0 Å². The maximum atomic E-state index is 12.2. The van der Waals surface area contributed by atoms with E-state index in [9.17, 15) is 25.8 Å². The van der Waals surface area contributed by atoms with Crippen LogP contribution < -0.4 is 5.14 Å². The molecule has 11 heteroatoms. The molecular formula is C11H8F3NO3S4. The van der Waals surface area contributed by atoms with Gasteiger partial charge in [-0.25, -0.2) is 17.8 Å². The van der Waals surface area contributed by atoms with Crippen molar-refractivity contribution in [2.45, 2.75) is 23.7 Å². The fourth-order valence-electron chi connectivity index (χ4n) is 1.44. The van der Waals surface area contributed by atoms with Crippen molar-refractivity contribution in [3.8, 4) is 0 Å². The molecule has 2 rings (SSSR count). The first-order valence-corrected chi connectivity index (χ1v) is 9.79. The average molecular weight is 387 g/mol. The van der Waals surface area contributed by atoms with Crippen LogP contribution in [0.25, 0.3) is 0 Å². The molecule has 2 N–H and O–H groups in total. The van der Waals surface area contributed by atoms with Gasteiger partial charge in [-0.2, -0.15) is 13.2 Å². The summed E-state index contributed by atoms with van der Waals surface area (Å²) in [4.78, 5) is 0.249. The van der Waals surface area contributed by atoms with E-state index in [4.69, 9.17) is 5.14 Å². The number of alkyl halides is 3. The molecule has 0 aliphatic carbocycles. The van der Waals surface area contributed by atoms with E-state index in [1.54, 1.807) is 0 Å². The van der Waals surface area contributed by atoms with Gasteiger partial charge in [-0.05, 0) is 48.2 Å². The second-order valence-electron chi connectivity index (χ2n) is 3.91. The van der Waals surface area contributed by atoms with Gasteiger partial charge in [0.25, 0.3) is 0 Å². The number of thioether (sulfide) groups is 1. The van der Waals surface area contributed by atoms with Gasteiger partial charge < -0.3 is 0 Å². The predicted molar refractivity (Wildman–Crippen MR) is 78.7 cm³/mol. The Morgan fingerprint density at radius 1 is 1.09 bits per heavy atom. The number of hydrogen-bond donors (Lipinski definition) is 1. The van der Waals surface area contributed by atoms with Crippen molar-refractivity contribution in [2.75, 3.05) is 0 Å². The van der Waals surface area contributed by atoms with Crippen LogP contribution in [0.4, 0.5) is 13.2 Å². The fourth-order valence-corrected chi connectivity index (χ4v) is 5.26. The van der Waals surface area contributed by atoms with E-state index in [1.165, 1.54) is 36.4 Å². The number of thiophene rings is 1. The molecule has 0 amide bonds. The molecule has 1 heterocycles. The van der Waals surface area contributed by atoms with Crippen LogP contribution in [0.3, 0.4) is 0 Å². The lowest BCUT2D eigenvalue weighted by molar-refractivity contribution is -0.0328. The first-order valence-electron chi connectivity index (χ1n) is 5.46. The second-order valence-corrected chi connectivity index (χ2v) is 9.62. The van der Waals surface area contributed by atoms with Gasteiger partial charge in [0.1, 0.15) is 4.21 Å². The SMILES string of the molecule is NS(=O)(=O)c1ccc([S@](=O)c2ccc(SC(F)(F)F)cc2)s1. The molecule has 1 aromatic heterocycles. The number of halogens is 3. The lowest BCUT2D eigenvalue weighted by Gasteiger charge is -2.06. The average Bonchev–Trinajstić information content (AvgIpc) is 2.86. The smallest absolute Gasteiger partial charge is 0.248 e. The molecule has 1 aromatic carbocycles. The Kier molecular flexibility index (Phi) is 5.02. The number of hydrogen-bond acceptors (Lipinski definition) is 5. The highest BCUT2D eigenvalue weighted by atomic mass is 32.3. The van der Waals surface area contributed by atoms with Gasteiger partial charge in [-0.1, -0.05) is 0 Å². The van der Waals surface area contributed by atoms with Crippen molar-refractivity contribution in [3.05, 3.63) is 36.4 Å². The summed E-state index contributed by atoms with van der Waals surface area (Å²) in [6, 6.07) is 7.63. The Morgan fingerprint density at radius 2 is 1.68 bits per heavy atom. The minimum absolute atomic E-state index is 0.0235. The molecule has 2 aromatic rings. The zero-order valence-electron chi connectivity index (χ0n) is 10.5. The summed E-state index contributed by atoms with van der Waals surface area (Å²) in [5, 5.41) is 4.96. The first kappa shape index (κ1) is 17.5. The zero-order valence-corrected chi connectivity index (χ0v) is 13.8. The second kappa shape index (κ2) is 6.32. The molecular weight excluding hydrogens is 379 g/mol. The summed E-state index contributed by atoms with van der Waals surface area (Å²) in [7, 11) is -5.55. The Bertz CT molecular complexity index is 797. The number of sulfonamides is 1. The van der Waals surface area contributed by atoms with E-state index in [0.717, 1.165) is 11.3 Å². The highest BCUT2D eigenvalue weighted by Gasteiger charge is 2.29. The highest BCUT2D eigenvalue weighted by molar-refractivity contribution is 8.00. The van der Waals surface area contributed by atoms with E-state index < -0.39 is 26.3 Å². The third-order valence-electron chi connectivity index (χ3n) is 2.29. The number of rotatable bonds is 4. The van der Waals surface area contributed by atoms with Crippen LogP contribution in [0.5, 0.6) is 0 Å². The minimum atomic E-state index is -4.39. The van der Waals surface area contributed by atoms with Crippen LogP contribution in [0.15, 0.2) is 54.6 Å². The van der Waals surface area contributed by atoms with E-state index in [-0.39, 0.29) is 30.0 Å². The van der Waals surface area contributed by atoms with Crippen molar-refractivity contribution >= 4 is 43.9 Å². The van der Waals surface area contributed by atoms with Crippen molar-refractivity contribution in [1.82, 2.24) is 0 Å². The maximum absolute atomic E-state index is 12.2. The number of benzene rings is 1. The highest BCUT2D eigenvalue weighted by Crippen LogP contribution is 2.37. The van der Waals surface area contributed by atoms with Crippen molar-refractivity contribution in [1.29, 1.82) is 0 Å². The van der Waals surface area contributed by atoms with Crippen molar-refractivity contribution < 1.29 is 25.8 Å². The molecule has 22 heavy (non-hydrogen) atoms. The quantitative estimate of drug-likeness (QED) is 0.818. The lowest BCUT2D eigenvalue weighted by Crippen LogP contribution is -2.09. The maximum Gasteiger partial charge on any atom is 0.446 e. The van der Waals surface area contributed by atoms with Gasteiger partial charge in [0.05, 0.1) is 15.0 Å². The molecule has 0 unspecified atom stereocenters. The largest absolute Gasteiger partial charge is 0.446 e. The summed E-state index contributed by atoms with van der Waals surface area (Å²) < 4.78 is 71.3. The topological polar surface area (TPSA) is 77.2 Å². The van der Waals surface area contributed by atoms with Crippen LogP contribution in [0, 0.1) is 0 Å². The Labute approximate surface area is 135 Å². The van der Waals surface area contributed by atoms with Gasteiger partial charge >= 0.3 is 5.51 Å². The third-order valence-corrected chi connectivity index (χ3v) is 7.25. The summed E-state index contributed by atoms with van der Waals surface area (Å²) in [5.74, 6) is 0.